The van der Waals surface area contributed by atoms with Gasteiger partial charge in [0.25, 0.3) is 0 Å². The van der Waals surface area contributed by atoms with Crippen molar-refractivity contribution in [3.05, 3.63) is 22.6 Å². The molecule has 0 spiro atoms. The number of benzene rings is 1. The SMILES string of the molecule is COC(OC)c1cc2c(Cl)noc2c(F)c1N1C[C@@H](C)O[C@H](C)C1. The van der Waals surface area contributed by atoms with E-state index in [9.17, 15) is 0 Å². The van der Waals surface area contributed by atoms with Crippen molar-refractivity contribution in [2.75, 3.05) is 32.2 Å². The van der Waals surface area contributed by atoms with Crippen LogP contribution in [0.5, 0.6) is 0 Å². The summed E-state index contributed by atoms with van der Waals surface area (Å²) in [6.07, 6.45) is -0.796. The normalized spacial score (nSPS) is 21.9. The Hall–Kier alpha value is -1.41. The van der Waals surface area contributed by atoms with Crippen LogP contribution in [0.4, 0.5) is 10.1 Å². The molecule has 0 radical (unpaired) electrons. The maximum Gasteiger partial charge on any atom is 0.206 e. The maximum atomic E-state index is 15.2. The largest absolute Gasteiger partial charge is 0.372 e. The first-order valence-electron chi connectivity index (χ1n) is 7.69. The van der Waals surface area contributed by atoms with Gasteiger partial charge >= 0.3 is 0 Å². The first kappa shape index (κ1) is 17.4. The Morgan fingerprint density at radius 2 is 1.92 bits per heavy atom. The first-order chi connectivity index (χ1) is 11.5. The highest BCUT2D eigenvalue weighted by Gasteiger charge is 2.31. The van der Waals surface area contributed by atoms with Crippen LogP contribution >= 0.6 is 11.6 Å². The van der Waals surface area contributed by atoms with Gasteiger partial charge in [0.05, 0.1) is 23.3 Å². The van der Waals surface area contributed by atoms with E-state index in [4.69, 9.17) is 30.3 Å². The average molecular weight is 359 g/mol. The molecule has 132 valence electrons. The Morgan fingerprint density at radius 1 is 1.29 bits per heavy atom. The van der Waals surface area contributed by atoms with Crippen molar-refractivity contribution in [2.24, 2.45) is 0 Å². The van der Waals surface area contributed by atoms with Gasteiger partial charge in [-0.05, 0) is 19.9 Å². The summed E-state index contributed by atoms with van der Waals surface area (Å²) in [5, 5.41) is 4.14. The molecule has 24 heavy (non-hydrogen) atoms. The Morgan fingerprint density at radius 3 is 2.50 bits per heavy atom. The molecule has 6 nitrogen and oxygen atoms in total. The summed E-state index contributed by atoms with van der Waals surface area (Å²) in [6, 6.07) is 1.70. The van der Waals surface area contributed by atoms with Gasteiger partial charge in [0.2, 0.25) is 5.58 Å². The summed E-state index contributed by atoms with van der Waals surface area (Å²) < 4.78 is 36.7. The van der Waals surface area contributed by atoms with Crippen molar-refractivity contribution in [3.8, 4) is 0 Å². The van der Waals surface area contributed by atoms with Crippen LogP contribution in [0.3, 0.4) is 0 Å². The van der Waals surface area contributed by atoms with Crippen molar-refractivity contribution < 1.29 is 23.1 Å². The number of methoxy groups -OCH3 is 2. The van der Waals surface area contributed by atoms with E-state index < -0.39 is 12.1 Å². The van der Waals surface area contributed by atoms with Crippen LogP contribution in [0, 0.1) is 5.82 Å². The molecule has 2 atom stereocenters. The van der Waals surface area contributed by atoms with Gasteiger partial charge in [-0.2, -0.15) is 0 Å². The van der Waals surface area contributed by atoms with Gasteiger partial charge in [0.1, 0.15) is 0 Å². The average Bonchev–Trinajstić information content (AvgIpc) is 2.89. The lowest BCUT2D eigenvalue weighted by Gasteiger charge is -2.38. The van der Waals surface area contributed by atoms with Crippen molar-refractivity contribution in [1.29, 1.82) is 0 Å². The quantitative estimate of drug-likeness (QED) is 0.779. The molecule has 0 bridgehead atoms. The molecule has 0 aliphatic carbocycles. The van der Waals surface area contributed by atoms with Gasteiger partial charge < -0.3 is 23.6 Å². The second-order valence-electron chi connectivity index (χ2n) is 5.94. The topological polar surface area (TPSA) is 57.0 Å². The van der Waals surface area contributed by atoms with Crippen LogP contribution < -0.4 is 4.90 Å². The van der Waals surface area contributed by atoms with E-state index >= 15 is 4.39 Å². The number of ether oxygens (including phenoxy) is 3. The Bertz CT molecular complexity index is 724. The second kappa shape index (κ2) is 6.84. The van der Waals surface area contributed by atoms with Crippen LogP contribution in [-0.4, -0.2) is 44.7 Å². The monoisotopic (exact) mass is 358 g/mol. The molecule has 1 fully saturated rings. The number of rotatable bonds is 4. The molecule has 2 aromatic rings. The molecule has 0 saturated carbocycles. The molecule has 1 aromatic carbocycles. The number of morpholine rings is 1. The zero-order valence-electron chi connectivity index (χ0n) is 14.0. The summed E-state index contributed by atoms with van der Waals surface area (Å²) >= 11 is 6.01. The molecule has 0 unspecified atom stereocenters. The fourth-order valence-corrected chi connectivity index (χ4v) is 3.41. The number of aromatic nitrogens is 1. The van der Waals surface area contributed by atoms with Crippen LogP contribution in [0.15, 0.2) is 10.6 Å². The van der Waals surface area contributed by atoms with Crippen LogP contribution in [-0.2, 0) is 14.2 Å². The minimum Gasteiger partial charge on any atom is -0.372 e. The number of anilines is 1. The van der Waals surface area contributed by atoms with Gasteiger partial charge in [-0.25, -0.2) is 4.39 Å². The van der Waals surface area contributed by atoms with Crippen molar-refractivity contribution in [3.63, 3.8) is 0 Å². The molecule has 1 aliphatic heterocycles. The molecule has 0 N–H and O–H groups in total. The molecule has 0 amide bonds. The van der Waals surface area contributed by atoms with E-state index in [0.717, 1.165) is 0 Å². The third-order valence-electron chi connectivity index (χ3n) is 4.08. The van der Waals surface area contributed by atoms with Crippen LogP contribution in [0.2, 0.25) is 5.15 Å². The summed E-state index contributed by atoms with van der Waals surface area (Å²) in [6.45, 7) is 4.99. The van der Waals surface area contributed by atoms with Gasteiger partial charge in [0, 0.05) is 32.9 Å². The van der Waals surface area contributed by atoms with E-state index in [1.54, 1.807) is 6.07 Å². The number of fused-ring (bicyclic) bond motifs is 1. The maximum absolute atomic E-state index is 15.2. The summed E-state index contributed by atoms with van der Waals surface area (Å²) in [5.41, 5.74) is 0.930. The predicted octanol–water partition coefficient (Wildman–Crippen LogP) is 3.53. The minimum absolute atomic E-state index is 0.0245. The van der Waals surface area contributed by atoms with Gasteiger partial charge in [-0.1, -0.05) is 16.8 Å². The third kappa shape index (κ3) is 2.97. The van der Waals surface area contributed by atoms with Gasteiger partial charge in [-0.15, -0.1) is 0 Å². The Balaban J connectivity index is 2.19. The lowest BCUT2D eigenvalue weighted by molar-refractivity contribution is -0.105. The highest BCUT2D eigenvalue weighted by atomic mass is 35.5. The van der Waals surface area contributed by atoms with Crippen LogP contribution in [0.1, 0.15) is 25.7 Å². The lowest BCUT2D eigenvalue weighted by Crippen LogP contribution is -2.46. The van der Waals surface area contributed by atoms with Gasteiger partial charge in [0.15, 0.2) is 17.3 Å². The molecule has 3 rings (SSSR count). The third-order valence-corrected chi connectivity index (χ3v) is 4.36. The van der Waals surface area contributed by atoms with E-state index in [-0.39, 0.29) is 22.9 Å². The molecule has 1 aromatic heterocycles. The fourth-order valence-electron chi connectivity index (χ4n) is 3.23. The molecule has 1 aliphatic rings. The number of hydrogen-bond donors (Lipinski definition) is 0. The number of halogens is 2. The standard InChI is InChI=1S/C16H20ClFN2O4/c1-8-6-20(7-9(2)23-8)13-10(16(21-3)22-4)5-11-14(12(13)18)24-19-15(11)17/h5,8-9,16H,6-7H2,1-4H3/t8-,9-/m1/s1. The number of hydrogen-bond acceptors (Lipinski definition) is 6. The van der Waals surface area contributed by atoms with Crippen LogP contribution in [0.25, 0.3) is 11.0 Å². The zero-order valence-corrected chi connectivity index (χ0v) is 14.8. The summed E-state index contributed by atoms with van der Waals surface area (Å²) in [5.74, 6) is -0.526. The predicted molar refractivity (Wildman–Crippen MR) is 88.0 cm³/mol. The van der Waals surface area contributed by atoms with Crippen molar-refractivity contribution in [1.82, 2.24) is 5.16 Å². The molecule has 1 saturated heterocycles. The lowest BCUT2D eigenvalue weighted by atomic mass is 10.1. The van der Waals surface area contributed by atoms with E-state index in [2.05, 4.69) is 5.16 Å². The van der Waals surface area contributed by atoms with Crippen molar-refractivity contribution >= 4 is 28.3 Å². The van der Waals surface area contributed by atoms with E-state index in [1.165, 1.54) is 14.2 Å². The Labute approximate surface area is 144 Å². The first-order valence-corrected chi connectivity index (χ1v) is 8.07. The minimum atomic E-state index is -0.738. The highest BCUT2D eigenvalue weighted by molar-refractivity contribution is 6.34. The smallest absolute Gasteiger partial charge is 0.206 e. The number of nitrogens with zero attached hydrogens (tertiary/aromatic N) is 2. The van der Waals surface area contributed by atoms with E-state index in [0.29, 0.717) is 29.7 Å². The zero-order chi connectivity index (χ0) is 17.4. The van der Waals surface area contributed by atoms with E-state index in [1.807, 2.05) is 18.7 Å². The molecule has 8 heteroatoms. The molecular formula is C16H20ClFN2O4. The molecular weight excluding hydrogens is 339 g/mol. The van der Waals surface area contributed by atoms with Crippen molar-refractivity contribution in [2.45, 2.75) is 32.3 Å². The highest BCUT2D eigenvalue weighted by Crippen LogP contribution is 2.39. The Kier molecular flexibility index (Phi) is 4.96. The molecule has 2 heterocycles. The van der Waals surface area contributed by atoms with Gasteiger partial charge in [-0.3, -0.25) is 0 Å². The summed E-state index contributed by atoms with van der Waals surface area (Å²) in [7, 11) is 3.00. The second-order valence-corrected chi connectivity index (χ2v) is 6.30. The summed E-state index contributed by atoms with van der Waals surface area (Å²) in [4.78, 5) is 1.92. The fraction of sp³-hybridized carbons (Fsp3) is 0.562.